The molecule has 2 heterocycles. The van der Waals surface area contributed by atoms with Crippen LogP contribution in [-0.4, -0.2) is 29.5 Å². The Morgan fingerprint density at radius 1 is 1.39 bits per heavy atom. The Morgan fingerprint density at radius 3 is 2.65 bits per heavy atom. The lowest BCUT2D eigenvalue weighted by molar-refractivity contribution is -0.117. The molecule has 1 aliphatic heterocycles. The van der Waals surface area contributed by atoms with E-state index in [4.69, 9.17) is 4.74 Å². The van der Waals surface area contributed by atoms with Crippen LogP contribution in [0.15, 0.2) is 10.9 Å². The smallest absolute Gasteiger partial charge is 0.354 e. The van der Waals surface area contributed by atoms with Gasteiger partial charge < -0.3 is 14.6 Å². The van der Waals surface area contributed by atoms with Crippen molar-refractivity contribution >= 4 is 17.6 Å². The molecule has 1 aromatic heterocycles. The molecule has 2 aliphatic rings. The number of carbonyl (C=O) groups excluding carboxylic acids is 2. The zero-order valence-electron chi connectivity index (χ0n) is 13.7. The molecule has 1 unspecified atom stereocenters. The number of pyridine rings is 1. The zero-order valence-corrected chi connectivity index (χ0v) is 13.7. The third kappa shape index (κ3) is 2.78. The Balaban J connectivity index is 2.08. The number of anilines is 1. The third-order valence-corrected chi connectivity index (χ3v) is 4.69. The van der Waals surface area contributed by atoms with Gasteiger partial charge in [-0.1, -0.05) is 6.92 Å². The summed E-state index contributed by atoms with van der Waals surface area (Å²) in [6.45, 7) is 5.56. The van der Waals surface area contributed by atoms with E-state index < -0.39 is 11.5 Å². The number of nitrogens with zero attached hydrogens (tertiary/aromatic N) is 1. The molecule has 124 valence electrons. The molecule has 2 atom stereocenters. The number of esters is 1. The number of aromatic amines is 1. The predicted molar refractivity (Wildman–Crippen MR) is 85.6 cm³/mol. The highest BCUT2D eigenvalue weighted by molar-refractivity contribution is 5.94. The number of hydrogen-bond acceptors (Lipinski definition) is 4. The van der Waals surface area contributed by atoms with Gasteiger partial charge in [-0.3, -0.25) is 9.59 Å². The monoisotopic (exact) mass is 318 g/mol. The first-order valence-electron chi connectivity index (χ1n) is 8.17. The predicted octanol–water partition coefficient (Wildman–Crippen LogP) is 1.88. The molecule has 6 heteroatoms. The van der Waals surface area contributed by atoms with Crippen LogP contribution < -0.4 is 10.5 Å². The summed E-state index contributed by atoms with van der Waals surface area (Å²) in [6.07, 6.45) is 2.90. The van der Waals surface area contributed by atoms with Crippen molar-refractivity contribution < 1.29 is 14.3 Å². The maximum absolute atomic E-state index is 12.5. The van der Waals surface area contributed by atoms with Crippen LogP contribution in [0, 0.1) is 11.8 Å². The second-order valence-electron chi connectivity index (χ2n) is 6.50. The molecule has 23 heavy (non-hydrogen) atoms. The Labute approximate surface area is 134 Å². The van der Waals surface area contributed by atoms with Crippen LogP contribution in [0.4, 0.5) is 5.69 Å². The van der Waals surface area contributed by atoms with Crippen LogP contribution in [0.25, 0.3) is 0 Å². The van der Waals surface area contributed by atoms with E-state index in [1.807, 2.05) is 0 Å². The second-order valence-corrected chi connectivity index (χ2v) is 6.50. The van der Waals surface area contributed by atoms with Crippen molar-refractivity contribution in [2.75, 3.05) is 11.5 Å². The summed E-state index contributed by atoms with van der Waals surface area (Å²) in [7, 11) is 0. The average molecular weight is 318 g/mol. The van der Waals surface area contributed by atoms with Gasteiger partial charge in [-0.15, -0.1) is 0 Å². The van der Waals surface area contributed by atoms with Crippen LogP contribution in [0.2, 0.25) is 0 Å². The summed E-state index contributed by atoms with van der Waals surface area (Å²) < 4.78 is 4.95. The average Bonchev–Trinajstić information content (AvgIpc) is 3.30. The van der Waals surface area contributed by atoms with E-state index in [1.54, 1.807) is 17.9 Å². The van der Waals surface area contributed by atoms with Crippen molar-refractivity contribution in [3.05, 3.63) is 27.7 Å². The van der Waals surface area contributed by atoms with E-state index in [9.17, 15) is 14.4 Å². The minimum Gasteiger partial charge on any atom is -0.461 e. The molecule has 0 saturated heterocycles. The van der Waals surface area contributed by atoms with Gasteiger partial charge in [-0.05, 0) is 49.7 Å². The standard InChI is InChI=1S/C17H22N2O4/c1-4-23-17(22)13-8-12-7-9(2)14(11-5-6-11)19(10(3)20)15(12)16(21)18-13/h8-9,11,14H,4-7H2,1-3H3,(H,18,21)/t9?,14-/m1/s1. The van der Waals surface area contributed by atoms with Gasteiger partial charge in [0.1, 0.15) is 11.4 Å². The van der Waals surface area contributed by atoms with Gasteiger partial charge in [-0.2, -0.15) is 0 Å². The normalized spacial score (nSPS) is 23.3. The van der Waals surface area contributed by atoms with E-state index in [1.165, 1.54) is 6.92 Å². The van der Waals surface area contributed by atoms with Crippen LogP contribution in [0.3, 0.4) is 0 Å². The fourth-order valence-electron chi connectivity index (χ4n) is 3.70. The van der Waals surface area contributed by atoms with Gasteiger partial charge in [0.2, 0.25) is 5.91 Å². The van der Waals surface area contributed by atoms with E-state index in [-0.39, 0.29) is 30.2 Å². The molecule has 0 spiro atoms. The van der Waals surface area contributed by atoms with E-state index in [0.29, 0.717) is 18.0 Å². The lowest BCUT2D eigenvalue weighted by Gasteiger charge is -2.40. The highest BCUT2D eigenvalue weighted by atomic mass is 16.5. The minimum atomic E-state index is -0.543. The highest BCUT2D eigenvalue weighted by Gasteiger charge is 2.44. The van der Waals surface area contributed by atoms with Gasteiger partial charge in [0, 0.05) is 13.0 Å². The SMILES string of the molecule is CCOC(=O)c1cc2c(c(=O)[nH]1)N(C(C)=O)[C@@H](C1CC1)C(C)C2. The summed E-state index contributed by atoms with van der Waals surface area (Å²) in [4.78, 5) is 40.9. The molecule has 1 aromatic rings. The number of fused-ring (bicyclic) bond motifs is 1. The van der Waals surface area contributed by atoms with Crippen molar-refractivity contribution in [3.8, 4) is 0 Å². The number of rotatable bonds is 3. The van der Waals surface area contributed by atoms with Gasteiger partial charge in [0.25, 0.3) is 5.56 Å². The van der Waals surface area contributed by atoms with E-state index >= 15 is 0 Å². The Bertz CT molecular complexity index is 705. The van der Waals surface area contributed by atoms with Crippen LogP contribution in [0.1, 0.15) is 49.7 Å². The zero-order chi connectivity index (χ0) is 16.7. The molecule has 1 aliphatic carbocycles. The fraction of sp³-hybridized carbons (Fsp3) is 0.588. The maximum Gasteiger partial charge on any atom is 0.354 e. The summed E-state index contributed by atoms with van der Waals surface area (Å²) in [5.74, 6) is 0.0738. The summed E-state index contributed by atoms with van der Waals surface area (Å²) in [5.41, 5.74) is 0.909. The molecular weight excluding hydrogens is 296 g/mol. The molecule has 1 fully saturated rings. The number of carbonyl (C=O) groups is 2. The number of nitrogens with one attached hydrogen (secondary N) is 1. The highest BCUT2D eigenvalue weighted by Crippen LogP contribution is 2.44. The molecule has 0 aromatic carbocycles. The van der Waals surface area contributed by atoms with Gasteiger partial charge >= 0.3 is 5.97 Å². The third-order valence-electron chi connectivity index (χ3n) is 4.69. The Kier molecular flexibility index (Phi) is 4.00. The first kappa shape index (κ1) is 15.8. The second kappa shape index (κ2) is 5.83. The van der Waals surface area contributed by atoms with Crippen molar-refractivity contribution in [3.63, 3.8) is 0 Å². The summed E-state index contributed by atoms with van der Waals surface area (Å²) in [6, 6.07) is 1.74. The number of amides is 1. The number of H-pyrrole nitrogens is 1. The van der Waals surface area contributed by atoms with Crippen LogP contribution in [-0.2, 0) is 16.0 Å². The van der Waals surface area contributed by atoms with Crippen molar-refractivity contribution in [2.24, 2.45) is 11.8 Å². The fourth-order valence-corrected chi connectivity index (χ4v) is 3.70. The first-order valence-corrected chi connectivity index (χ1v) is 8.17. The minimum absolute atomic E-state index is 0.0783. The number of aromatic nitrogens is 1. The van der Waals surface area contributed by atoms with Crippen LogP contribution >= 0.6 is 0 Å². The van der Waals surface area contributed by atoms with Crippen molar-refractivity contribution in [1.82, 2.24) is 4.98 Å². The molecule has 1 saturated carbocycles. The maximum atomic E-state index is 12.5. The first-order chi connectivity index (χ1) is 10.9. The molecule has 6 nitrogen and oxygen atoms in total. The molecule has 1 N–H and O–H groups in total. The summed E-state index contributed by atoms with van der Waals surface area (Å²) >= 11 is 0. The molecule has 3 rings (SSSR count). The van der Waals surface area contributed by atoms with Gasteiger partial charge in [-0.25, -0.2) is 4.79 Å². The van der Waals surface area contributed by atoms with E-state index in [0.717, 1.165) is 18.4 Å². The molecule has 0 bridgehead atoms. The lowest BCUT2D eigenvalue weighted by atomic mass is 9.84. The molecule has 0 radical (unpaired) electrons. The summed E-state index contributed by atoms with van der Waals surface area (Å²) in [5, 5.41) is 0. The van der Waals surface area contributed by atoms with E-state index in [2.05, 4.69) is 11.9 Å². The topological polar surface area (TPSA) is 79.5 Å². The van der Waals surface area contributed by atoms with Crippen molar-refractivity contribution in [2.45, 2.75) is 46.1 Å². The largest absolute Gasteiger partial charge is 0.461 e. The number of hydrogen-bond donors (Lipinski definition) is 1. The lowest BCUT2D eigenvalue weighted by Crippen LogP contribution is -2.51. The number of ether oxygens (including phenoxy) is 1. The molecular formula is C17H22N2O4. The van der Waals surface area contributed by atoms with Crippen molar-refractivity contribution in [1.29, 1.82) is 0 Å². The Hall–Kier alpha value is -2.11. The molecule has 1 amide bonds. The van der Waals surface area contributed by atoms with Crippen LogP contribution in [0.5, 0.6) is 0 Å². The van der Waals surface area contributed by atoms with Gasteiger partial charge in [0.15, 0.2) is 0 Å². The van der Waals surface area contributed by atoms with Gasteiger partial charge in [0.05, 0.1) is 6.61 Å². The quantitative estimate of drug-likeness (QED) is 0.863. The Morgan fingerprint density at radius 2 is 2.09 bits per heavy atom.